The SMILES string of the molecule is CC(C)(C)OC(=O)N1CCC(F)(CCc2ccc(F)cc2)CC1. The first-order valence-electron chi connectivity index (χ1n) is 8.08. The van der Waals surface area contributed by atoms with Gasteiger partial charge in [-0.1, -0.05) is 12.1 Å². The number of halogens is 2. The van der Waals surface area contributed by atoms with E-state index in [1.54, 1.807) is 17.0 Å². The molecule has 0 bridgehead atoms. The van der Waals surface area contributed by atoms with E-state index in [0.29, 0.717) is 38.8 Å². The molecule has 1 saturated heterocycles. The standard InChI is InChI=1S/C18H25F2NO2/c1-17(2,3)23-16(22)21-12-10-18(20,11-13-21)9-8-14-4-6-15(19)7-5-14/h4-7H,8-13H2,1-3H3. The molecule has 5 heteroatoms. The van der Waals surface area contributed by atoms with Crippen LogP contribution in [0, 0.1) is 5.82 Å². The molecule has 23 heavy (non-hydrogen) atoms. The van der Waals surface area contributed by atoms with Crippen molar-refractivity contribution < 1.29 is 18.3 Å². The van der Waals surface area contributed by atoms with E-state index in [0.717, 1.165) is 5.56 Å². The van der Waals surface area contributed by atoms with Gasteiger partial charge in [0.2, 0.25) is 0 Å². The van der Waals surface area contributed by atoms with Crippen molar-refractivity contribution in [1.82, 2.24) is 4.90 Å². The van der Waals surface area contributed by atoms with Crippen molar-refractivity contribution in [1.29, 1.82) is 0 Å². The Bertz CT molecular complexity index is 529. The van der Waals surface area contributed by atoms with Crippen LogP contribution < -0.4 is 0 Å². The molecule has 3 nitrogen and oxygen atoms in total. The van der Waals surface area contributed by atoms with Gasteiger partial charge in [-0.25, -0.2) is 13.6 Å². The summed E-state index contributed by atoms with van der Waals surface area (Å²) in [6.07, 6.45) is 1.21. The number of likely N-dealkylation sites (tertiary alicyclic amines) is 1. The zero-order valence-corrected chi connectivity index (χ0v) is 14.1. The molecule has 1 heterocycles. The molecule has 1 aromatic carbocycles. The fourth-order valence-corrected chi connectivity index (χ4v) is 2.69. The molecule has 0 unspecified atom stereocenters. The Hall–Kier alpha value is -1.65. The number of alkyl halides is 1. The number of amides is 1. The van der Waals surface area contributed by atoms with Gasteiger partial charge in [-0.3, -0.25) is 0 Å². The number of hydrogen-bond acceptors (Lipinski definition) is 2. The van der Waals surface area contributed by atoms with Gasteiger partial charge in [0.25, 0.3) is 0 Å². The summed E-state index contributed by atoms with van der Waals surface area (Å²) >= 11 is 0. The average molecular weight is 325 g/mol. The summed E-state index contributed by atoms with van der Waals surface area (Å²) in [5, 5.41) is 0. The molecule has 0 aromatic heterocycles. The molecule has 0 atom stereocenters. The molecule has 1 amide bonds. The van der Waals surface area contributed by atoms with Crippen LogP contribution in [0.15, 0.2) is 24.3 Å². The van der Waals surface area contributed by atoms with Crippen LogP contribution in [0.25, 0.3) is 0 Å². The first-order chi connectivity index (χ1) is 10.7. The summed E-state index contributed by atoms with van der Waals surface area (Å²) in [7, 11) is 0. The molecular formula is C18H25F2NO2. The largest absolute Gasteiger partial charge is 0.444 e. The molecule has 0 aliphatic carbocycles. The normalized spacial score (nSPS) is 17.9. The van der Waals surface area contributed by atoms with Crippen molar-refractivity contribution in [2.24, 2.45) is 0 Å². The summed E-state index contributed by atoms with van der Waals surface area (Å²) in [5.41, 5.74) is -0.880. The van der Waals surface area contributed by atoms with E-state index in [1.165, 1.54) is 12.1 Å². The maximum absolute atomic E-state index is 14.9. The van der Waals surface area contributed by atoms with Crippen molar-refractivity contribution >= 4 is 6.09 Å². The van der Waals surface area contributed by atoms with Crippen molar-refractivity contribution in [2.75, 3.05) is 13.1 Å². The Morgan fingerprint density at radius 1 is 1.22 bits per heavy atom. The lowest BCUT2D eigenvalue weighted by molar-refractivity contribution is 0.00156. The smallest absolute Gasteiger partial charge is 0.410 e. The maximum Gasteiger partial charge on any atom is 0.410 e. The topological polar surface area (TPSA) is 29.5 Å². The van der Waals surface area contributed by atoms with E-state index in [-0.39, 0.29) is 11.9 Å². The third-order valence-corrected chi connectivity index (χ3v) is 4.09. The lowest BCUT2D eigenvalue weighted by atomic mass is 9.87. The molecule has 1 aliphatic heterocycles. The second-order valence-electron chi connectivity index (χ2n) is 7.24. The molecule has 128 valence electrons. The predicted molar refractivity (Wildman–Crippen MR) is 85.6 cm³/mol. The van der Waals surface area contributed by atoms with E-state index in [4.69, 9.17) is 4.74 Å². The molecular weight excluding hydrogens is 300 g/mol. The van der Waals surface area contributed by atoms with Gasteiger partial charge in [-0.2, -0.15) is 0 Å². The van der Waals surface area contributed by atoms with Gasteiger partial charge in [-0.05, 0) is 64.2 Å². The molecule has 0 spiro atoms. The highest BCUT2D eigenvalue weighted by molar-refractivity contribution is 5.68. The summed E-state index contributed by atoms with van der Waals surface area (Å²) < 4.78 is 33.0. The maximum atomic E-state index is 14.9. The number of nitrogens with zero attached hydrogens (tertiary/aromatic N) is 1. The zero-order chi connectivity index (χ0) is 17.1. The number of rotatable bonds is 3. The second-order valence-corrected chi connectivity index (χ2v) is 7.24. The summed E-state index contributed by atoms with van der Waals surface area (Å²) in [6.45, 7) is 6.19. The van der Waals surface area contributed by atoms with E-state index in [1.807, 2.05) is 20.8 Å². The van der Waals surface area contributed by atoms with Crippen LogP contribution in [-0.2, 0) is 11.2 Å². The highest BCUT2D eigenvalue weighted by atomic mass is 19.1. The van der Waals surface area contributed by atoms with E-state index in [9.17, 15) is 13.6 Å². The highest BCUT2D eigenvalue weighted by Crippen LogP contribution is 2.32. The molecule has 0 radical (unpaired) electrons. The Labute approximate surface area is 136 Å². The summed E-state index contributed by atoms with van der Waals surface area (Å²) in [4.78, 5) is 13.6. The number of benzene rings is 1. The molecule has 0 saturated carbocycles. The fraction of sp³-hybridized carbons (Fsp3) is 0.611. The number of carbonyl (C=O) groups is 1. The van der Waals surface area contributed by atoms with E-state index in [2.05, 4.69) is 0 Å². The van der Waals surface area contributed by atoms with Crippen LogP contribution in [0.3, 0.4) is 0 Å². The van der Waals surface area contributed by atoms with Crippen LogP contribution in [0.1, 0.15) is 45.6 Å². The third-order valence-electron chi connectivity index (χ3n) is 4.09. The van der Waals surface area contributed by atoms with Crippen LogP contribution in [0.4, 0.5) is 13.6 Å². The predicted octanol–water partition coefficient (Wildman–Crippen LogP) is 4.50. The van der Waals surface area contributed by atoms with Gasteiger partial charge in [0.1, 0.15) is 17.1 Å². The van der Waals surface area contributed by atoms with Crippen LogP contribution in [0.2, 0.25) is 0 Å². The van der Waals surface area contributed by atoms with Crippen LogP contribution in [-0.4, -0.2) is 35.4 Å². The molecule has 1 fully saturated rings. The second kappa shape index (κ2) is 6.85. The van der Waals surface area contributed by atoms with E-state index < -0.39 is 11.3 Å². The Morgan fingerprint density at radius 3 is 2.30 bits per heavy atom. The summed E-state index contributed by atoms with van der Waals surface area (Å²) in [6, 6.07) is 6.17. The van der Waals surface area contributed by atoms with Crippen molar-refractivity contribution in [2.45, 2.75) is 57.7 Å². The average Bonchev–Trinajstić information content (AvgIpc) is 2.46. The molecule has 2 rings (SSSR count). The van der Waals surface area contributed by atoms with Crippen LogP contribution >= 0.6 is 0 Å². The Morgan fingerprint density at radius 2 is 1.78 bits per heavy atom. The lowest BCUT2D eigenvalue weighted by Crippen LogP contribution is -2.46. The number of hydrogen-bond donors (Lipinski definition) is 0. The van der Waals surface area contributed by atoms with Crippen molar-refractivity contribution in [3.63, 3.8) is 0 Å². The number of aryl methyl sites for hydroxylation is 1. The van der Waals surface area contributed by atoms with Gasteiger partial charge in [0.05, 0.1) is 0 Å². The minimum absolute atomic E-state index is 0.283. The first kappa shape index (κ1) is 17.7. The fourth-order valence-electron chi connectivity index (χ4n) is 2.69. The van der Waals surface area contributed by atoms with Gasteiger partial charge < -0.3 is 9.64 Å². The number of ether oxygens (including phenoxy) is 1. The van der Waals surface area contributed by atoms with Gasteiger partial charge in [0.15, 0.2) is 0 Å². The first-order valence-corrected chi connectivity index (χ1v) is 8.08. The van der Waals surface area contributed by atoms with Gasteiger partial charge in [0, 0.05) is 13.1 Å². The lowest BCUT2D eigenvalue weighted by Gasteiger charge is -2.37. The molecule has 1 aromatic rings. The van der Waals surface area contributed by atoms with Crippen molar-refractivity contribution in [3.05, 3.63) is 35.6 Å². The number of piperidine rings is 1. The monoisotopic (exact) mass is 325 g/mol. The minimum Gasteiger partial charge on any atom is -0.444 e. The Balaban J connectivity index is 1.82. The van der Waals surface area contributed by atoms with Gasteiger partial charge in [-0.15, -0.1) is 0 Å². The molecule has 1 aliphatic rings. The minimum atomic E-state index is -1.27. The van der Waals surface area contributed by atoms with E-state index >= 15 is 0 Å². The van der Waals surface area contributed by atoms with Gasteiger partial charge >= 0.3 is 6.09 Å². The van der Waals surface area contributed by atoms with Crippen LogP contribution in [0.5, 0.6) is 0 Å². The zero-order valence-electron chi connectivity index (χ0n) is 14.1. The molecule has 0 N–H and O–H groups in total. The Kier molecular flexibility index (Phi) is 5.27. The quantitative estimate of drug-likeness (QED) is 0.819. The highest BCUT2D eigenvalue weighted by Gasteiger charge is 2.36. The summed E-state index contributed by atoms with van der Waals surface area (Å²) in [5.74, 6) is -0.283. The third kappa shape index (κ3) is 5.48. The van der Waals surface area contributed by atoms with Crippen molar-refractivity contribution in [3.8, 4) is 0 Å². The number of carbonyl (C=O) groups excluding carboxylic acids is 1.